The summed E-state index contributed by atoms with van der Waals surface area (Å²) in [6.45, 7) is 4.59. The lowest BCUT2D eigenvalue weighted by atomic mass is 9.85. The highest BCUT2D eigenvalue weighted by Crippen LogP contribution is 2.37. The Balaban J connectivity index is 2.15. The summed E-state index contributed by atoms with van der Waals surface area (Å²) in [7, 11) is 0. The van der Waals surface area contributed by atoms with E-state index >= 15 is 0 Å². The zero-order valence-electron chi connectivity index (χ0n) is 11.0. The summed E-state index contributed by atoms with van der Waals surface area (Å²) < 4.78 is 5.41. The second kappa shape index (κ2) is 7.67. The standard InChI is InChI=1S/C13H26N2O2/c1-2-3-9-17-10-8-15-12(16)13(11-14)6-4-5-7-13/h2-11,14H2,1H3,(H,15,16). The molecule has 0 aromatic carbocycles. The van der Waals surface area contributed by atoms with Crippen LogP contribution >= 0.6 is 0 Å². The van der Waals surface area contributed by atoms with Crippen molar-refractivity contribution < 1.29 is 9.53 Å². The van der Waals surface area contributed by atoms with E-state index in [1.165, 1.54) is 0 Å². The number of amides is 1. The number of ether oxygens (including phenoxy) is 1. The third-order valence-electron chi connectivity index (χ3n) is 3.61. The first-order valence-electron chi connectivity index (χ1n) is 6.81. The van der Waals surface area contributed by atoms with Crippen LogP contribution < -0.4 is 11.1 Å². The molecule has 0 aliphatic heterocycles. The van der Waals surface area contributed by atoms with Gasteiger partial charge in [0.2, 0.25) is 5.91 Å². The van der Waals surface area contributed by atoms with Gasteiger partial charge in [-0.05, 0) is 19.3 Å². The minimum Gasteiger partial charge on any atom is -0.380 e. The van der Waals surface area contributed by atoms with Crippen molar-refractivity contribution in [3.63, 3.8) is 0 Å². The SMILES string of the molecule is CCCCOCCNC(=O)C1(CN)CCCC1. The molecule has 4 nitrogen and oxygen atoms in total. The Morgan fingerprint density at radius 2 is 2.06 bits per heavy atom. The first-order chi connectivity index (χ1) is 8.25. The number of unbranched alkanes of at least 4 members (excludes halogenated alkanes) is 1. The molecule has 1 rings (SSSR count). The normalized spacial score (nSPS) is 18.2. The highest BCUT2D eigenvalue weighted by atomic mass is 16.5. The molecule has 1 fully saturated rings. The van der Waals surface area contributed by atoms with Crippen molar-refractivity contribution in [1.29, 1.82) is 0 Å². The first kappa shape index (κ1) is 14.5. The summed E-state index contributed by atoms with van der Waals surface area (Å²) >= 11 is 0. The number of rotatable bonds is 8. The summed E-state index contributed by atoms with van der Waals surface area (Å²) in [6, 6.07) is 0. The van der Waals surface area contributed by atoms with Crippen molar-refractivity contribution in [2.45, 2.75) is 45.4 Å². The van der Waals surface area contributed by atoms with Gasteiger partial charge < -0.3 is 15.8 Å². The van der Waals surface area contributed by atoms with Crippen LogP contribution in [0, 0.1) is 5.41 Å². The van der Waals surface area contributed by atoms with Gasteiger partial charge in [-0.2, -0.15) is 0 Å². The fourth-order valence-electron chi connectivity index (χ4n) is 2.35. The average molecular weight is 242 g/mol. The molecular weight excluding hydrogens is 216 g/mol. The lowest BCUT2D eigenvalue weighted by molar-refractivity contribution is -0.130. The molecule has 0 aromatic heterocycles. The van der Waals surface area contributed by atoms with Gasteiger partial charge in [-0.15, -0.1) is 0 Å². The molecular formula is C13H26N2O2. The Bertz CT molecular complexity index is 225. The second-order valence-electron chi connectivity index (χ2n) is 4.91. The average Bonchev–Trinajstić information content (AvgIpc) is 2.83. The van der Waals surface area contributed by atoms with Crippen molar-refractivity contribution in [1.82, 2.24) is 5.32 Å². The molecule has 0 aromatic rings. The van der Waals surface area contributed by atoms with Crippen LogP contribution in [0.3, 0.4) is 0 Å². The van der Waals surface area contributed by atoms with E-state index in [-0.39, 0.29) is 11.3 Å². The maximum atomic E-state index is 12.0. The molecule has 4 heteroatoms. The molecule has 0 heterocycles. The summed E-state index contributed by atoms with van der Waals surface area (Å²) in [5.41, 5.74) is 5.46. The number of nitrogens with two attached hydrogens (primary N) is 1. The summed E-state index contributed by atoms with van der Waals surface area (Å²) in [4.78, 5) is 12.0. The van der Waals surface area contributed by atoms with E-state index in [9.17, 15) is 4.79 Å². The molecule has 0 unspecified atom stereocenters. The van der Waals surface area contributed by atoms with Gasteiger partial charge in [0, 0.05) is 19.7 Å². The highest BCUT2D eigenvalue weighted by Gasteiger charge is 2.39. The van der Waals surface area contributed by atoms with Crippen LogP contribution in [0.1, 0.15) is 45.4 Å². The van der Waals surface area contributed by atoms with E-state index in [0.29, 0.717) is 19.7 Å². The molecule has 1 amide bonds. The summed E-state index contributed by atoms with van der Waals surface area (Å²) in [5.74, 6) is 0.122. The zero-order valence-corrected chi connectivity index (χ0v) is 11.0. The third-order valence-corrected chi connectivity index (χ3v) is 3.61. The quantitative estimate of drug-likeness (QED) is 0.633. The number of hydrogen-bond donors (Lipinski definition) is 2. The highest BCUT2D eigenvalue weighted by molar-refractivity contribution is 5.83. The maximum absolute atomic E-state index is 12.0. The smallest absolute Gasteiger partial charge is 0.227 e. The molecule has 1 aliphatic carbocycles. The van der Waals surface area contributed by atoms with Crippen LogP contribution in [0.25, 0.3) is 0 Å². The maximum Gasteiger partial charge on any atom is 0.227 e. The predicted molar refractivity (Wildman–Crippen MR) is 68.7 cm³/mol. The van der Waals surface area contributed by atoms with Crippen molar-refractivity contribution in [3.8, 4) is 0 Å². The molecule has 0 bridgehead atoms. The van der Waals surface area contributed by atoms with Gasteiger partial charge in [0.05, 0.1) is 12.0 Å². The van der Waals surface area contributed by atoms with Gasteiger partial charge in [0.1, 0.15) is 0 Å². The molecule has 0 saturated heterocycles. The van der Waals surface area contributed by atoms with Gasteiger partial charge in [-0.1, -0.05) is 26.2 Å². The van der Waals surface area contributed by atoms with Crippen molar-refractivity contribution in [2.24, 2.45) is 11.1 Å². The van der Waals surface area contributed by atoms with Crippen molar-refractivity contribution in [3.05, 3.63) is 0 Å². The lowest BCUT2D eigenvalue weighted by Gasteiger charge is -2.25. The Kier molecular flexibility index (Phi) is 6.52. The molecule has 1 aliphatic rings. The first-order valence-corrected chi connectivity index (χ1v) is 6.81. The van der Waals surface area contributed by atoms with Crippen LogP contribution in [-0.4, -0.2) is 32.2 Å². The molecule has 1 saturated carbocycles. The van der Waals surface area contributed by atoms with E-state index < -0.39 is 0 Å². The van der Waals surface area contributed by atoms with E-state index in [0.717, 1.165) is 45.1 Å². The minimum atomic E-state index is -0.288. The number of hydrogen-bond acceptors (Lipinski definition) is 3. The van der Waals surface area contributed by atoms with E-state index in [2.05, 4.69) is 12.2 Å². The van der Waals surface area contributed by atoms with Crippen LogP contribution in [0.15, 0.2) is 0 Å². The summed E-state index contributed by atoms with van der Waals surface area (Å²) in [5, 5.41) is 2.95. The molecule has 0 atom stereocenters. The number of carbonyl (C=O) groups is 1. The van der Waals surface area contributed by atoms with Crippen molar-refractivity contribution >= 4 is 5.91 Å². The Labute approximate surface area is 104 Å². The summed E-state index contributed by atoms with van der Waals surface area (Å²) in [6.07, 6.45) is 6.34. The molecule has 17 heavy (non-hydrogen) atoms. The largest absolute Gasteiger partial charge is 0.380 e. The topological polar surface area (TPSA) is 64.3 Å². The van der Waals surface area contributed by atoms with E-state index in [1.54, 1.807) is 0 Å². The van der Waals surface area contributed by atoms with Gasteiger partial charge in [0.25, 0.3) is 0 Å². The fourth-order valence-corrected chi connectivity index (χ4v) is 2.35. The van der Waals surface area contributed by atoms with Gasteiger partial charge in [-0.25, -0.2) is 0 Å². The van der Waals surface area contributed by atoms with Gasteiger partial charge >= 0.3 is 0 Å². The second-order valence-corrected chi connectivity index (χ2v) is 4.91. The van der Waals surface area contributed by atoms with Gasteiger partial charge in [-0.3, -0.25) is 4.79 Å². The van der Waals surface area contributed by atoms with Crippen LogP contribution in [-0.2, 0) is 9.53 Å². The lowest BCUT2D eigenvalue weighted by Crippen LogP contribution is -2.45. The fraction of sp³-hybridized carbons (Fsp3) is 0.923. The zero-order chi connectivity index (χ0) is 12.6. The van der Waals surface area contributed by atoms with E-state index in [1.807, 2.05) is 0 Å². The number of nitrogens with one attached hydrogen (secondary N) is 1. The Morgan fingerprint density at radius 1 is 1.35 bits per heavy atom. The van der Waals surface area contributed by atoms with Crippen LogP contribution in [0.4, 0.5) is 0 Å². The van der Waals surface area contributed by atoms with Crippen LogP contribution in [0.2, 0.25) is 0 Å². The van der Waals surface area contributed by atoms with Gasteiger partial charge in [0.15, 0.2) is 0 Å². The monoisotopic (exact) mass is 242 g/mol. The van der Waals surface area contributed by atoms with Crippen molar-refractivity contribution in [2.75, 3.05) is 26.3 Å². The minimum absolute atomic E-state index is 0.122. The number of carbonyl (C=O) groups excluding carboxylic acids is 1. The molecule has 0 radical (unpaired) electrons. The molecule has 0 spiro atoms. The third kappa shape index (κ3) is 4.28. The Morgan fingerprint density at radius 3 is 2.65 bits per heavy atom. The molecule has 100 valence electrons. The van der Waals surface area contributed by atoms with Crippen LogP contribution in [0.5, 0.6) is 0 Å². The molecule has 3 N–H and O–H groups in total. The Hall–Kier alpha value is -0.610. The predicted octanol–water partition coefficient (Wildman–Crippen LogP) is 1.44. The van der Waals surface area contributed by atoms with E-state index in [4.69, 9.17) is 10.5 Å².